The summed E-state index contributed by atoms with van der Waals surface area (Å²) in [6.07, 6.45) is 8.78. The Labute approximate surface area is 170 Å². The van der Waals surface area contributed by atoms with Gasteiger partial charge in [0.05, 0.1) is 18.5 Å². The number of carbonyl (C=O) groups excluding carboxylic acids is 1. The van der Waals surface area contributed by atoms with Gasteiger partial charge in [-0.3, -0.25) is 14.9 Å². The molecule has 0 amide bonds. The van der Waals surface area contributed by atoms with Crippen molar-refractivity contribution in [1.29, 1.82) is 0 Å². The van der Waals surface area contributed by atoms with Crippen LogP contribution in [0.15, 0.2) is 66.8 Å². The molecule has 0 fully saturated rings. The monoisotopic (exact) mass is 395 g/mol. The minimum absolute atomic E-state index is 0.0491. The van der Waals surface area contributed by atoms with Crippen molar-refractivity contribution in [2.24, 2.45) is 0 Å². The fourth-order valence-corrected chi connectivity index (χ4v) is 2.67. The van der Waals surface area contributed by atoms with E-state index in [1.165, 1.54) is 29.8 Å². The van der Waals surface area contributed by atoms with Gasteiger partial charge in [0.15, 0.2) is 0 Å². The third-order valence-electron chi connectivity index (χ3n) is 4.24. The lowest BCUT2D eigenvalue weighted by Gasteiger charge is -2.08. The number of hydrogen-bond donors (Lipinski definition) is 0. The van der Waals surface area contributed by atoms with Crippen LogP contribution in [0.3, 0.4) is 0 Å². The summed E-state index contributed by atoms with van der Waals surface area (Å²) in [5.74, 6) is 0.658. The second kappa shape index (κ2) is 11.4. The summed E-state index contributed by atoms with van der Waals surface area (Å²) in [5.41, 5.74) is 2.22. The number of unbranched alkanes of at least 4 members (excludes halogenated alkanes) is 1. The fourth-order valence-electron chi connectivity index (χ4n) is 2.67. The number of rotatable bonds is 10. The molecule has 0 aliphatic rings. The van der Waals surface area contributed by atoms with Crippen molar-refractivity contribution in [1.82, 2.24) is 0 Å². The van der Waals surface area contributed by atoms with E-state index < -0.39 is 10.9 Å². The van der Waals surface area contributed by atoms with E-state index in [9.17, 15) is 14.9 Å². The highest BCUT2D eigenvalue weighted by Gasteiger charge is 2.07. The third kappa shape index (κ3) is 7.25. The molecular formula is C23H25NO5. The van der Waals surface area contributed by atoms with Crippen LogP contribution < -0.4 is 9.47 Å². The van der Waals surface area contributed by atoms with E-state index in [-0.39, 0.29) is 17.9 Å². The van der Waals surface area contributed by atoms with Crippen molar-refractivity contribution >= 4 is 17.2 Å². The van der Waals surface area contributed by atoms with Gasteiger partial charge in [-0.1, -0.05) is 43.7 Å². The lowest BCUT2D eigenvalue weighted by atomic mass is 9.99. The predicted molar refractivity (Wildman–Crippen MR) is 113 cm³/mol. The van der Waals surface area contributed by atoms with E-state index in [2.05, 4.69) is 6.92 Å². The zero-order valence-electron chi connectivity index (χ0n) is 16.7. The summed E-state index contributed by atoms with van der Waals surface area (Å²) in [6, 6.07) is 13.3. The molecule has 0 aliphatic carbocycles. The second-order valence-electron chi connectivity index (χ2n) is 6.38. The van der Waals surface area contributed by atoms with Crippen LogP contribution in [0.1, 0.15) is 38.2 Å². The van der Waals surface area contributed by atoms with Gasteiger partial charge in [0.1, 0.15) is 11.5 Å². The van der Waals surface area contributed by atoms with Crippen LogP contribution in [0.5, 0.6) is 11.5 Å². The molecule has 2 aromatic carbocycles. The Morgan fingerprint density at radius 3 is 2.55 bits per heavy atom. The molecule has 0 spiro atoms. The number of ether oxygens (including phenoxy) is 2. The van der Waals surface area contributed by atoms with Gasteiger partial charge >= 0.3 is 5.97 Å². The number of non-ortho nitro benzene ring substituents is 1. The molecule has 0 N–H and O–H groups in total. The van der Waals surface area contributed by atoms with Crippen LogP contribution in [-0.4, -0.2) is 18.0 Å². The predicted octanol–water partition coefficient (Wildman–Crippen LogP) is 5.73. The number of esters is 1. The topological polar surface area (TPSA) is 78.7 Å². The van der Waals surface area contributed by atoms with Crippen LogP contribution in [0.2, 0.25) is 0 Å². The van der Waals surface area contributed by atoms with Gasteiger partial charge in [-0.2, -0.15) is 0 Å². The average Bonchev–Trinajstić information content (AvgIpc) is 2.73. The van der Waals surface area contributed by atoms with Gasteiger partial charge in [-0.05, 0) is 48.2 Å². The molecule has 29 heavy (non-hydrogen) atoms. The first-order chi connectivity index (χ1) is 14.0. The van der Waals surface area contributed by atoms with Crippen LogP contribution in [0.4, 0.5) is 5.69 Å². The molecule has 0 radical (unpaired) electrons. The molecule has 0 atom stereocenters. The molecule has 6 heteroatoms. The van der Waals surface area contributed by atoms with Crippen molar-refractivity contribution in [2.75, 3.05) is 7.11 Å². The largest absolute Gasteiger partial charge is 0.497 e. The van der Waals surface area contributed by atoms with Crippen LogP contribution >= 0.6 is 0 Å². The summed E-state index contributed by atoms with van der Waals surface area (Å²) >= 11 is 0. The highest BCUT2D eigenvalue weighted by molar-refractivity contribution is 5.74. The molecule has 0 saturated carbocycles. The summed E-state index contributed by atoms with van der Waals surface area (Å²) in [4.78, 5) is 22.1. The fraction of sp³-hybridized carbons (Fsp3) is 0.261. The molecule has 2 rings (SSSR count). The molecule has 0 aliphatic heterocycles. The molecule has 0 bridgehead atoms. The maximum Gasteiger partial charge on any atom is 0.315 e. The van der Waals surface area contributed by atoms with E-state index in [1.54, 1.807) is 13.2 Å². The Morgan fingerprint density at radius 2 is 1.90 bits per heavy atom. The maximum absolute atomic E-state index is 12.0. The van der Waals surface area contributed by atoms with E-state index in [4.69, 9.17) is 9.47 Å². The Morgan fingerprint density at radius 1 is 1.14 bits per heavy atom. The van der Waals surface area contributed by atoms with E-state index in [0.29, 0.717) is 0 Å². The number of carbonyl (C=O) groups is 1. The first kappa shape index (κ1) is 21.9. The number of allylic oxidation sites excluding steroid dienone is 3. The highest BCUT2D eigenvalue weighted by atomic mass is 16.6. The minimum atomic E-state index is -0.501. The average molecular weight is 395 g/mol. The molecule has 0 aromatic heterocycles. The summed E-state index contributed by atoms with van der Waals surface area (Å²) in [6.45, 7) is 2.15. The van der Waals surface area contributed by atoms with Gasteiger partial charge < -0.3 is 9.47 Å². The first-order valence-electron chi connectivity index (χ1n) is 9.48. The molecule has 0 heterocycles. The number of hydrogen-bond acceptors (Lipinski definition) is 5. The standard InChI is InChI=1S/C23H25NO5/c1-3-4-8-18(19-10-7-11-22(17-19)28-2)9-5-6-12-23(25)29-21-15-13-20(14-16-21)24(26)27/h5-7,9-11,13-17H,3-4,8,12H2,1-2H3/b6-5+,18-9+. The maximum atomic E-state index is 12.0. The van der Waals surface area contributed by atoms with Gasteiger partial charge in [0, 0.05) is 12.1 Å². The zero-order valence-corrected chi connectivity index (χ0v) is 16.7. The minimum Gasteiger partial charge on any atom is -0.497 e. The van der Waals surface area contributed by atoms with Gasteiger partial charge in [-0.15, -0.1) is 0 Å². The molecule has 0 unspecified atom stereocenters. The summed E-state index contributed by atoms with van der Waals surface area (Å²) in [7, 11) is 1.64. The van der Waals surface area contributed by atoms with Crippen molar-refractivity contribution in [3.63, 3.8) is 0 Å². The Hall–Kier alpha value is -3.41. The van der Waals surface area contributed by atoms with Gasteiger partial charge in [-0.25, -0.2) is 0 Å². The first-order valence-corrected chi connectivity index (χ1v) is 9.48. The van der Waals surface area contributed by atoms with E-state index >= 15 is 0 Å². The number of nitrogens with zero attached hydrogens (tertiary/aromatic N) is 1. The third-order valence-corrected chi connectivity index (χ3v) is 4.24. The number of benzene rings is 2. The lowest BCUT2D eigenvalue weighted by molar-refractivity contribution is -0.384. The van der Waals surface area contributed by atoms with Crippen LogP contribution in [0, 0.1) is 10.1 Å². The molecule has 0 saturated heterocycles. The quantitative estimate of drug-likeness (QED) is 0.169. The normalized spacial score (nSPS) is 11.4. The Balaban J connectivity index is 1.98. The number of nitro groups is 1. The van der Waals surface area contributed by atoms with E-state index in [1.807, 2.05) is 36.4 Å². The van der Waals surface area contributed by atoms with Crippen molar-refractivity contribution in [3.8, 4) is 11.5 Å². The SMILES string of the molecule is CCCC/C(=C\C=C\CC(=O)Oc1ccc([N+](=O)[O-])cc1)c1cccc(OC)c1. The van der Waals surface area contributed by atoms with Gasteiger partial charge in [0.2, 0.25) is 0 Å². The molecule has 152 valence electrons. The van der Waals surface area contributed by atoms with E-state index in [0.717, 1.165) is 30.6 Å². The zero-order chi connectivity index (χ0) is 21.1. The molecule has 2 aromatic rings. The number of nitro benzene ring substituents is 1. The summed E-state index contributed by atoms with van der Waals surface area (Å²) in [5, 5.41) is 10.6. The molecule has 6 nitrogen and oxygen atoms in total. The second-order valence-corrected chi connectivity index (χ2v) is 6.38. The highest BCUT2D eigenvalue weighted by Crippen LogP contribution is 2.24. The van der Waals surface area contributed by atoms with Crippen molar-refractivity contribution < 1.29 is 19.2 Å². The van der Waals surface area contributed by atoms with Crippen LogP contribution in [0.25, 0.3) is 5.57 Å². The Bertz CT molecular complexity index is 884. The molecular weight excluding hydrogens is 370 g/mol. The smallest absolute Gasteiger partial charge is 0.315 e. The van der Waals surface area contributed by atoms with Gasteiger partial charge in [0.25, 0.3) is 5.69 Å². The van der Waals surface area contributed by atoms with Crippen molar-refractivity contribution in [3.05, 3.63) is 82.4 Å². The lowest BCUT2D eigenvalue weighted by Crippen LogP contribution is -2.06. The number of methoxy groups -OCH3 is 1. The Kier molecular flexibility index (Phi) is 8.63. The van der Waals surface area contributed by atoms with Crippen molar-refractivity contribution in [2.45, 2.75) is 32.6 Å². The summed E-state index contributed by atoms with van der Waals surface area (Å²) < 4.78 is 10.5. The van der Waals surface area contributed by atoms with Crippen LogP contribution in [-0.2, 0) is 4.79 Å².